The molecule has 0 aromatic heterocycles. The highest BCUT2D eigenvalue weighted by Gasteiger charge is 2.13. The van der Waals surface area contributed by atoms with Crippen molar-refractivity contribution in [3.05, 3.63) is 69.8 Å². The van der Waals surface area contributed by atoms with E-state index in [1.165, 1.54) is 18.3 Å². The third-order valence-electron chi connectivity index (χ3n) is 2.76. The van der Waals surface area contributed by atoms with Gasteiger partial charge in [0, 0.05) is 18.3 Å². The van der Waals surface area contributed by atoms with Gasteiger partial charge < -0.3 is 0 Å². The summed E-state index contributed by atoms with van der Waals surface area (Å²) >= 11 is 0. The second kappa shape index (κ2) is 5.84. The van der Waals surface area contributed by atoms with Crippen molar-refractivity contribution in [1.82, 2.24) is 0 Å². The fraction of sp³-hybridized carbons (Fsp3) is 0.0714. The lowest BCUT2D eigenvalue weighted by Crippen LogP contribution is -1.98. The summed E-state index contributed by atoms with van der Waals surface area (Å²) in [7, 11) is -3.86. The van der Waals surface area contributed by atoms with Gasteiger partial charge in [-0.2, -0.15) is 12.8 Å². The first-order valence-corrected chi connectivity index (χ1v) is 7.44. The largest absolute Gasteiger partial charge is 0.282 e. The highest BCUT2D eigenvalue weighted by atomic mass is 32.2. The molecule has 0 amide bonds. The number of rotatable bonds is 4. The molecule has 21 heavy (non-hydrogen) atoms. The van der Waals surface area contributed by atoms with Gasteiger partial charge in [0.2, 0.25) is 0 Å². The van der Waals surface area contributed by atoms with E-state index in [4.69, 9.17) is 0 Å². The molecule has 6 nitrogen and oxygen atoms in total. The number of aryl methyl sites for hydroxylation is 1. The molecule has 0 unspecified atom stereocenters. The lowest BCUT2D eigenvalue weighted by Gasteiger charge is -1.99. The van der Waals surface area contributed by atoms with E-state index in [1.54, 1.807) is 12.1 Å². The first-order valence-electron chi connectivity index (χ1n) is 6.00. The number of sulfonamides is 1. The SMILES string of the molecule is Cc1ccc(/C=N\S(=O)(=O)c2ccc([N+](=O)[O-])cc2)cc1. The molecule has 0 spiro atoms. The Labute approximate surface area is 122 Å². The number of hydrogen-bond acceptors (Lipinski definition) is 4. The van der Waals surface area contributed by atoms with E-state index >= 15 is 0 Å². The van der Waals surface area contributed by atoms with Gasteiger partial charge >= 0.3 is 0 Å². The fourth-order valence-electron chi connectivity index (χ4n) is 1.58. The zero-order valence-corrected chi connectivity index (χ0v) is 11.9. The van der Waals surface area contributed by atoms with E-state index in [-0.39, 0.29) is 10.6 Å². The third-order valence-corrected chi connectivity index (χ3v) is 4.01. The van der Waals surface area contributed by atoms with Crippen LogP contribution in [0.4, 0.5) is 5.69 Å². The molecule has 0 fully saturated rings. The van der Waals surface area contributed by atoms with Crippen molar-refractivity contribution in [1.29, 1.82) is 0 Å². The van der Waals surface area contributed by atoms with E-state index in [1.807, 2.05) is 19.1 Å². The number of nitro groups is 1. The number of nitrogens with zero attached hydrogens (tertiary/aromatic N) is 2. The summed E-state index contributed by atoms with van der Waals surface area (Å²) in [6.07, 6.45) is 1.25. The van der Waals surface area contributed by atoms with E-state index in [0.29, 0.717) is 5.56 Å². The molecular weight excluding hydrogens is 292 g/mol. The Morgan fingerprint density at radius 2 is 1.62 bits per heavy atom. The maximum atomic E-state index is 12.0. The van der Waals surface area contributed by atoms with Crippen LogP contribution in [-0.2, 0) is 10.0 Å². The molecule has 0 N–H and O–H groups in total. The Kier molecular flexibility index (Phi) is 4.13. The van der Waals surface area contributed by atoms with Gasteiger partial charge in [-0.05, 0) is 24.6 Å². The monoisotopic (exact) mass is 304 g/mol. The van der Waals surface area contributed by atoms with Crippen molar-refractivity contribution in [3.8, 4) is 0 Å². The summed E-state index contributed by atoms with van der Waals surface area (Å²) in [5, 5.41) is 10.5. The first-order chi connectivity index (χ1) is 9.88. The Morgan fingerprint density at radius 3 is 2.14 bits per heavy atom. The van der Waals surface area contributed by atoms with Crippen LogP contribution in [0.15, 0.2) is 57.8 Å². The molecule has 0 aliphatic rings. The van der Waals surface area contributed by atoms with Crippen molar-refractivity contribution in [2.24, 2.45) is 4.40 Å². The van der Waals surface area contributed by atoms with E-state index in [0.717, 1.165) is 17.7 Å². The van der Waals surface area contributed by atoms with Crippen LogP contribution in [0.2, 0.25) is 0 Å². The van der Waals surface area contributed by atoms with Gasteiger partial charge in [0.05, 0.1) is 9.82 Å². The molecular formula is C14H12N2O4S. The van der Waals surface area contributed by atoms with Gasteiger partial charge in [0.25, 0.3) is 15.7 Å². The molecule has 0 saturated carbocycles. The molecule has 2 rings (SSSR count). The highest BCUT2D eigenvalue weighted by Crippen LogP contribution is 2.17. The average molecular weight is 304 g/mol. The molecule has 0 saturated heterocycles. The van der Waals surface area contributed by atoms with Crippen LogP contribution in [0.3, 0.4) is 0 Å². The van der Waals surface area contributed by atoms with Crippen LogP contribution in [0.25, 0.3) is 0 Å². The maximum absolute atomic E-state index is 12.0. The summed E-state index contributed by atoms with van der Waals surface area (Å²) < 4.78 is 27.5. The molecule has 0 bridgehead atoms. The smallest absolute Gasteiger partial charge is 0.258 e. The van der Waals surface area contributed by atoms with Gasteiger partial charge in [-0.3, -0.25) is 10.1 Å². The summed E-state index contributed by atoms with van der Waals surface area (Å²) in [5.74, 6) is 0. The lowest BCUT2D eigenvalue weighted by atomic mass is 10.2. The van der Waals surface area contributed by atoms with Gasteiger partial charge in [-0.15, -0.1) is 0 Å². The van der Waals surface area contributed by atoms with E-state index in [2.05, 4.69) is 4.40 Å². The second-order valence-corrected chi connectivity index (χ2v) is 6.00. The molecule has 108 valence electrons. The van der Waals surface area contributed by atoms with Gasteiger partial charge in [-0.25, -0.2) is 0 Å². The number of non-ortho nitro benzene ring substituents is 1. The molecule has 2 aromatic rings. The van der Waals surface area contributed by atoms with E-state index in [9.17, 15) is 18.5 Å². The molecule has 0 radical (unpaired) electrons. The molecule has 7 heteroatoms. The minimum atomic E-state index is -3.86. The second-order valence-electron chi connectivity index (χ2n) is 4.37. The zero-order valence-electron chi connectivity index (χ0n) is 11.1. The molecule has 0 aliphatic carbocycles. The Balaban J connectivity index is 2.25. The highest BCUT2D eigenvalue weighted by molar-refractivity contribution is 7.90. The minimum Gasteiger partial charge on any atom is -0.258 e. The number of hydrogen-bond donors (Lipinski definition) is 0. The minimum absolute atomic E-state index is 0.0866. The zero-order chi connectivity index (χ0) is 15.5. The van der Waals surface area contributed by atoms with Crippen LogP contribution < -0.4 is 0 Å². The predicted octanol–water partition coefficient (Wildman–Crippen LogP) is 2.71. The summed E-state index contributed by atoms with van der Waals surface area (Å²) in [4.78, 5) is 9.85. The Morgan fingerprint density at radius 1 is 1.05 bits per heavy atom. The lowest BCUT2D eigenvalue weighted by molar-refractivity contribution is -0.384. The van der Waals surface area contributed by atoms with Gasteiger partial charge in [0.15, 0.2) is 0 Å². The quantitative estimate of drug-likeness (QED) is 0.493. The third kappa shape index (κ3) is 3.73. The summed E-state index contributed by atoms with van der Waals surface area (Å²) in [6, 6.07) is 11.8. The maximum Gasteiger partial charge on any atom is 0.282 e. The van der Waals surface area contributed by atoms with Crippen LogP contribution in [-0.4, -0.2) is 19.6 Å². The van der Waals surface area contributed by atoms with Crippen molar-refractivity contribution in [2.45, 2.75) is 11.8 Å². The van der Waals surface area contributed by atoms with Crippen molar-refractivity contribution < 1.29 is 13.3 Å². The normalized spacial score (nSPS) is 11.7. The summed E-state index contributed by atoms with van der Waals surface area (Å²) in [5.41, 5.74) is 1.55. The fourth-order valence-corrected chi connectivity index (χ4v) is 2.45. The molecule has 2 aromatic carbocycles. The molecule has 0 atom stereocenters. The molecule has 0 heterocycles. The number of nitro benzene ring substituents is 1. The van der Waals surface area contributed by atoms with E-state index < -0.39 is 14.9 Å². The standard InChI is InChI=1S/C14H12N2O4S/c1-11-2-4-12(5-3-11)10-15-21(19,20)14-8-6-13(7-9-14)16(17)18/h2-10H,1H3/b15-10-. The first kappa shape index (κ1) is 14.9. The Bertz CT molecular complexity index is 779. The van der Waals surface area contributed by atoms with Crippen LogP contribution in [0.1, 0.15) is 11.1 Å². The topological polar surface area (TPSA) is 89.6 Å². The Hall–Kier alpha value is -2.54. The van der Waals surface area contributed by atoms with Gasteiger partial charge in [-0.1, -0.05) is 29.8 Å². The van der Waals surface area contributed by atoms with Gasteiger partial charge in [0.1, 0.15) is 0 Å². The molecule has 0 aliphatic heterocycles. The van der Waals surface area contributed by atoms with Crippen LogP contribution in [0.5, 0.6) is 0 Å². The van der Waals surface area contributed by atoms with Crippen molar-refractivity contribution >= 4 is 21.9 Å². The summed E-state index contributed by atoms with van der Waals surface area (Å²) in [6.45, 7) is 1.93. The predicted molar refractivity (Wildman–Crippen MR) is 79.1 cm³/mol. The van der Waals surface area contributed by atoms with Crippen LogP contribution >= 0.6 is 0 Å². The van der Waals surface area contributed by atoms with Crippen molar-refractivity contribution in [3.63, 3.8) is 0 Å². The average Bonchev–Trinajstić information content (AvgIpc) is 2.47. The van der Waals surface area contributed by atoms with Crippen LogP contribution in [0, 0.1) is 17.0 Å². The number of benzene rings is 2. The van der Waals surface area contributed by atoms with Crippen molar-refractivity contribution in [2.75, 3.05) is 0 Å².